The summed E-state index contributed by atoms with van der Waals surface area (Å²) in [4.78, 5) is 9.80. The van der Waals surface area contributed by atoms with Gasteiger partial charge in [-0.3, -0.25) is 0 Å². The molecule has 1 atom stereocenters. The molecule has 2 saturated heterocycles. The van der Waals surface area contributed by atoms with E-state index >= 15 is 0 Å². The van der Waals surface area contributed by atoms with Gasteiger partial charge >= 0.3 is 0 Å². The highest BCUT2D eigenvalue weighted by atomic mass is 32.1. The summed E-state index contributed by atoms with van der Waals surface area (Å²) in [5, 5.41) is 4.17. The van der Waals surface area contributed by atoms with Crippen LogP contribution in [-0.4, -0.2) is 37.7 Å². The second-order valence-corrected chi connectivity index (χ2v) is 10.2. The molecule has 0 radical (unpaired) electrons. The molecule has 1 unspecified atom stereocenters. The van der Waals surface area contributed by atoms with Crippen LogP contribution in [0.15, 0.2) is 60.7 Å². The third kappa shape index (κ3) is 3.99. The number of nitrogens with two attached hydrogens (primary N) is 1. The van der Waals surface area contributed by atoms with Gasteiger partial charge in [-0.1, -0.05) is 24.3 Å². The van der Waals surface area contributed by atoms with Crippen LogP contribution in [0.1, 0.15) is 24.4 Å². The zero-order valence-electron chi connectivity index (χ0n) is 19.0. The number of halogens is 1. The fourth-order valence-electron chi connectivity index (χ4n) is 5.27. The number of anilines is 3. The third-order valence-corrected chi connectivity index (χ3v) is 7.90. The zero-order chi connectivity index (χ0) is 23.1. The van der Waals surface area contributed by atoms with Gasteiger partial charge in [0.1, 0.15) is 5.82 Å². The summed E-state index contributed by atoms with van der Waals surface area (Å²) in [7, 11) is 0. The lowest BCUT2D eigenvalue weighted by Gasteiger charge is -2.29. The van der Waals surface area contributed by atoms with Crippen molar-refractivity contribution in [2.75, 3.05) is 48.3 Å². The molecule has 2 aromatic carbocycles. The number of nitrogens with zero attached hydrogens (tertiary/aromatic N) is 3. The molecule has 4 aromatic rings. The predicted molar refractivity (Wildman–Crippen MR) is 140 cm³/mol. The normalized spacial score (nSPS) is 18.7. The Labute approximate surface area is 203 Å². The maximum absolute atomic E-state index is 14.0. The molecule has 2 aliphatic heterocycles. The molecule has 2 fully saturated rings. The number of nitrogens with one attached hydrogen (secondary N) is 1. The van der Waals surface area contributed by atoms with Crippen molar-refractivity contribution >= 4 is 37.9 Å². The first kappa shape index (κ1) is 21.4. The highest BCUT2D eigenvalue weighted by Crippen LogP contribution is 2.44. The number of aromatic nitrogens is 1. The van der Waals surface area contributed by atoms with Crippen molar-refractivity contribution in [3.05, 3.63) is 72.0 Å². The Bertz CT molecular complexity index is 1310. The van der Waals surface area contributed by atoms with Crippen LogP contribution in [-0.2, 0) is 0 Å². The number of rotatable bonds is 4. The van der Waals surface area contributed by atoms with Gasteiger partial charge < -0.3 is 20.9 Å². The predicted octanol–water partition coefficient (Wildman–Crippen LogP) is 5.44. The van der Waals surface area contributed by atoms with E-state index in [0.29, 0.717) is 0 Å². The highest BCUT2D eigenvalue weighted by molar-refractivity contribution is 7.23. The van der Waals surface area contributed by atoms with E-state index in [1.807, 2.05) is 12.1 Å². The number of hydrogen-bond donors (Lipinski definition) is 2. The number of hydrogen-bond acceptors (Lipinski definition) is 6. The van der Waals surface area contributed by atoms with E-state index in [1.165, 1.54) is 11.8 Å². The van der Waals surface area contributed by atoms with Gasteiger partial charge in [-0.05, 0) is 54.8 Å². The smallest absolute Gasteiger partial charge is 0.123 e. The maximum atomic E-state index is 14.0. The first-order chi connectivity index (χ1) is 16.7. The molecule has 6 rings (SSSR count). The van der Waals surface area contributed by atoms with E-state index in [2.05, 4.69) is 45.4 Å². The Balaban J connectivity index is 1.39. The number of nitrogen functional groups attached to an aromatic ring is 1. The topological polar surface area (TPSA) is 57.4 Å². The molecule has 3 N–H and O–H groups in total. The van der Waals surface area contributed by atoms with Crippen LogP contribution in [0.5, 0.6) is 0 Å². The second kappa shape index (κ2) is 8.89. The molecular weight excluding hydrogens is 445 g/mol. The lowest BCUT2D eigenvalue weighted by Crippen LogP contribution is -2.43. The fraction of sp³-hybridized carbons (Fsp3) is 0.296. The SMILES string of the molecule is Nc1cc2nc(-c3ccc(N4CCNCC4)cc3)cc(N3CCCC3c3cccc(F)c3)c2s1. The lowest BCUT2D eigenvalue weighted by atomic mass is 10.0. The van der Waals surface area contributed by atoms with Crippen LogP contribution < -0.4 is 20.9 Å². The van der Waals surface area contributed by atoms with Crippen LogP contribution in [0.4, 0.5) is 20.8 Å². The number of thiophene rings is 1. The Morgan fingerprint density at radius 3 is 2.62 bits per heavy atom. The first-order valence-electron chi connectivity index (χ1n) is 11.9. The summed E-state index contributed by atoms with van der Waals surface area (Å²) in [6.45, 7) is 5.02. The number of fused-ring (bicyclic) bond motifs is 1. The maximum Gasteiger partial charge on any atom is 0.123 e. The summed E-state index contributed by atoms with van der Waals surface area (Å²) >= 11 is 1.58. The van der Waals surface area contributed by atoms with Crippen molar-refractivity contribution in [2.45, 2.75) is 18.9 Å². The summed E-state index contributed by atoms with van der Waals surface area (Å²) in [5.41, 5.74) is 12.6. The van der Waals surface area contributed by atoms with Crippen LogP contribution in [0.3, 0.4) is 0 Å². The Hall–Kier alpha value is -3.16. The molecule has 7 heteroatoms. The van der Waals surface area contributed by atoms with E-state index in [9.17, 15) is 4.39 Å². The van der Waals surface area contributed by atoms with E-state index < -0.39 is 0 Å². The Morgan fingerprint density at radius 2 is 1.82 bits per heavy atom. The average Bonchev–Trinajstić information content (AvgIpc) is 3.50. The monoisotopic (exact) mass is 473 g/mol. The third-order valence-electron chi connectivity index (χ3n) is 6.92. The van der Waals surface area contributed by atoms with E-state index in [0.717, 1.165) is 83.3 Å². The van der Waals surface area contributed by atoms with Crippen LogP contribution in [0.25, 0.3) is 21.5 Å². The minimum absolute atomic E-state index is 0.146. The minimum atomic E-state index is -0.185. The fourth-order valence-corrected chi connectivity index (χ4v) is 6.16. The van der Waals surface area contributed by atoms with Gasteiger partial charge in [0.05, 0.1) is 32.6 Å². The molecule has 174 valence electrons. The summed E-state index contributed by atoms with van der Waals surface area (Å²) < 4.78 is 15.1. The van der Waals surface area contributed by atoms with Crippen LogP contribution in [0, 0.1) is 5.82 Å². The quantitative estimate of drug-likeness (QED) is 0.414. The minimum Gasteiger partial charge on any atom is -0.391 e. The van der Waals surface area contributed by atoms with E-state index in [-0.39, 0.29) is 11.9 Å². The van der Waals surface area contributed by atoms with Crippen LogP contribution in [0.2, 0.25) is 0 Å². The van der Waals surface area contributed by atoms with Crippen molar-refractivity contribution < 1.29 is 4.39 Å². The van der Waals surface area contributed by atoms with Crippen molar-refractivity contribution in [1.29, 1.82) is 0 Å². The van der Waals surface area contributed by atoms with Crippen LogP contribution >= 0.6 is 11.3 Å². The molecule has 0 amide bonds. The second-order valence-electron chi connectivity index (χ2n) is 9.08. The van der Waals surface area contributed by atoms with Gasteiger partial charge in [-0.2, -0.15) is 0 Å². The number of piperazine rings is 1. The van der Waals surface area contributed by atoms with Crippen molar-refractivity contribution in [2.24, 2.45) is 0 Å². The summed E-state index contributed by atoms with van der Waals surface area (Å²) in [6.07, 6.45) is 2.07. The van der Waals surface area contributed by atoms with Gasteiger partial charge in [0.25, 0.3) is 0 Å². The zero-order valence-corrected chi connectivity index (χ0v) is 19.8. The molecular formula is C27H28FN5S. The number of pyridine rings is 1. The molecule has 0 spiro atoms. The molecule has 2 aromatic heterocycles. The van der Waals surface area contributed by atoms with E-state index in [1.54, 1.807) is 23.5 Å². The highest BCUT2D eigenvalue weighted by Gasteiger charge is 2.29. The van der Waals surface area contributed by atoms with E-state index in [4.69, 9.17) is 10.7 Å². The summed E-state index contributed by atoms with van der Waals surface area (Å²) in [5.74, 6) is -0.185. The molecule has 0 aliphatic carbocycles. The molecule has 4 heterocycles. The van der Waals surface area contributed by atoms with Crippen molar-refractivity contribution in [3.8, 4) is 11.3 Å². The van der Waals surface area contributed by atoms with Crippen molar-refractivity contribution in [1.82, 2.24) is 10.3 Å². The van der Waals surface area contributed by atoms with Gasteiger partial charge in [0.2, 0.25) is 0 Å². The molecule has 0 bridgehead atoms. The lowest BCUT2D eigenvalue weighted by molar-refractivity contribution is 0.589. The van der Waals surface area contributed by atoms with Crippen molar-refractivity contribution in [3.63, 3.8) is 0 Å². The van der Waals surface area contributed by atoms with Gasteiger partial charge in [0, 0.05) is 44.0 Å². The summed E-state index contributed by atoms with van der Waals surface area (Å²) in [6, 6.07) is 20.0. The molecule has 2 aliphatic rings. The largest absolute Gasteiger partial charge is 0.391 e. The van der Waals surface area contributed by atoms with Gasteiger partial charge in [0.15, 0.2) is 0 Å². The first-order valence-corrected chi connectivity index (χ1v) is 12.8. The van der Waals surface area contributed by atoms with Gasteiger partial charge in [-0.25, -0.2) is 9.37 Å². The average molecular weight is 474 g/mol. The Morgan fingerprint density at radius 1 is 1.00 bits per heavy atom. The number of benzene rings is 2. The standard InChI is InChI=1S/C27H28FN5S/c28-20-4-1-3-19(15-20)24-5-2-12-33(24)25-16-22(31-23-17-26(29)34-27(23)25)18-6-8-21(9-7-18)32-13-10-30-11-14-32/h1,3-4,6-9,15-17,24,30H,2,5,10-14,29H2. The molecule has 34 heavy (non-hydrogen) atoms. The molecule has 5 nitrogen and oxygen atoms in total. The van der Waals surface area contributed by atoms with Gasteiger partial charge in [-0.15, -0.1) is 11.3 Å². The molecule has 0 saturated carbocycles. The Kier molecular flexibility index (Phi) is 5.59.